The summed E-state index contributed by atoms with van der Waals surface area (Å²) in [6, 6.07) is 16.2. The molecule has 0 bridgehead atoms. The molecule has 1 saturated carbocycles. The minimum Gasteiger partial charge on any atom is -0.481 e. The maximum absolute atomic E-state index is 11.5. The van der Waals surface area contributed by atoms with Crippen molar-refractivity contribution < 1.29 is 14.4 Å². The molecule has 31 heavy (non-hydrogen) atoms. The van der Waals surface area contributed by atoms with Gasteiger partial charge in [0.2, 0.25) is 0 Å². The predicted octanol–water partition coefficient (Wildman–Crippen LogP) is 5.57. The second kappa shape index (κ2) is 8.67. The van der Waals surface area contributed by atoms with Crippen LogP contribution >= 0.6 is 0 Å². The molecule has 1 atom stereocenters. The Morgan fingerprint density at radius 1 is 1.10 bits per heavy atom. The van der Waals surface area contributed by atoms with Gasteiger partial charge in [0.25, 0.3) is 0 Å². The Kier molecular flexibility index (Phi) is 5.96. The molecule has 4 rings (SSSR count). The maximum Gasteiger partial charge on any atom is 0.314 e. The number of rotatable bonds is 9. The molecule has 1 unspecified atom stereocenters. The van der Waals surface area contributed by atoms with Gasteiger partial charge in [0.15, 0.2) is 5.76 Å². The summed E-state index contributed by atoms with van der Waals surface area (Å²) in [5.74, 6) is 0.731. The van der Waals surface area contributed by atoms with Crippen molar-refractivity contribution in [1.29, 1.82) is 0 Å². The number of carbonyl (C=O) groups is 1. The van der Waals surface area contributed by atoms with E-state index in [1.165, 1.54) is 0 Å². The Morgan fingerprint density at radius 3 is 2.23 bits per heavy atom. The van der Waals surface area contributed by atoms with Crippen LogP contribution in [0.3, 0.4) is 0 Å². The van der Waals surface area contributed by atoms with Crippen LogP contribution in [0.25, 0.3) is 22.5 Å². The summed E-state index contributed by atoms with van der Waals surface area (Å²) in [5.41, 5.74) is 5.41. The van der Waals surface area contributed by atoms with Crippen molar-refractivity contribution in [3.8, 4) is 22.5 Å². The number of aromatic nitrogens is 1. The molecule has 1 aliphatic carbocycles. The third-order valence-electron chi connectivity index (χ3n) is 6.55. The van der Waals surface area contributed by atoms with Gasteiger partial charge in [0.1, 0.15) is 0 Å². The van der Waals surface area contributed by atoms with E-state index < -0.39 is 11.4 Å². The third kappa shape index (κ3) is 4.28. The van der Waals surface area contributed by atoms with E-state index >= 15 is 0 Å². The zero-order chi connectivity index (χ0) is 22.0. The summed E-state index contributed by atoms with van der Waals surface area (Å²) in [7, 11) is 0. The highest BCUT2D eigenvalue weighted by atomic mass is 16.5. The van der Waals surface area contributed by atoms with E-state index in [-0.39, 0.29) is 0 Å². The first-order valence-corrected chi connectivity index (χ1v) is 11.0. The molecule has 0 amide bonds. The van der Waals surface area contributed by atoms with Gasteiger partial charge in [-0.15, -0.1) is 0 Å². The lowest BCUT2D eigenvalue weighted by Crippen LogP contribution is -2.20. The Labute approximate surface area is 183 Å². The summed E-state index contributed by atoms with van der Waals surface area (Å²) in [6.45, 7) is 8.13. The molecule has 1 heterocycles. The second-order valence-corrected chi connectivity index (χ2v) is 8.76. The molecule has 5 heteroatoms. The quantitative estimate of drug-likeness (QED) is 0.475. The van der Waals surface area contributed by atoms with Gasteiger partial charge in [-0.05, 0) is 48.9 Å². The van der Waals surface area contributed by atoms with E-state index in [9.17, 15) is 9.90 Å². The summed E-state index contributed by atoms with van der Waals surface area (Å²) < 4.78 is 5.65. The van der Waals surface area contributed by atoms with E-state index in [1.807, 2.05) is 31.2 Å². The van der Waals surface area contributed by atoms with E-state index in [0.29, 0.717) is 5.92 Å². The van der Waals surface area contributed by atoms with Crippen molar-refractivity contribution in [1.82, 2.24) is 10.5 Å². The standard InChI is InChI=1S/C26H30N2O3/c1-4-17(2)15-27-16-23-18(3)28-31-24(23)21-7-5-19(6-8-21)20-9-11-22(12-10-20)26(13-14-26)25(29)30/h5-12,17,27H,4,13-16H2,1-3H3,(H,29,30). The van der Waals surface area contributed by atoms with Crippen molar-refractivity contribution in [2.24, 2.45) is 5.92 Å². The van der Waals surface area contributed by atoms with E-state index in [2.05, 4.69) is 48.6 Å². The molecule has 162 valence electrons. The number of benzene rings is 2. The predicted molar refractivity (Wildman–Crippen MR) is 122 cm³/mol. The Hall–Kier alpha value is -2.92. The van der Waals surface area contributed by atoms with Crippen molar-refractivity contribution in [3.05, 3.63) is 65.4 Å². The number of carboxylic acid groups (broad SMARTS) is 1. The number of hydrogen-bond acceptors (Lipinski definition) is 4. The third-order valence-corrected chi connectivity index (χ3v) is 6.55. The molecule has 0 saturated heterocycles. The van der Waals surface area contributed by atoms with Gasteiger partial charge < -0.3 is 14.9 Å². The van der Waals surface area contributed by atoms with Crippen LogP contribution in [0.2, 0.25) is 0 Å². The largest absolute Gasteiger partial charge is 0.481 e. The van der Waals surface area contributed by atoms with Gasteiger partial charge in [0.05, 0.1) is 11.1 Å². The first-order valence-electron chi connectivity index (χ1n) is 11.0. The van der Waals surface area contributed by atoms with Crippen LogP contribution in [0.4, 0.5) is 0 Å². The first-order chi connectivity index (χ1) is 14.9. The van der Waals surface area contributed by atoms with Gasteiger partial charge in [-0.1, -0.05) is 74.0 Å². The van der Waals surface area contributed by atoms with E-state index in [0.717, 1.165) is 71.6 Å². The SMILES string of the molecule is CCC(C)CNCc1c(C)noc1-c1ccc(-c2ccc(C3(C(=O)O)CC3)cc2)cc1. The average molecular weight is 419 g/mol. The lowest BCUT2D eigenvalue weighted by molar-refractivity contribution is -0.140. The zero-order valence-electron chi connectivity index (χ0n) is 18.4. The molecule has 1 fully saturated rings. The highest BCUT2D eigenvalue weighted by Gasteiger charge is 2.51. The lowest BCUT2D eigenvalue weighted by Gasteiger charge is -2.11. The van der Waals surface area contributed by atoms with Gasteiger partial charge in [-0.3, -0.25) is 4.79 Å². The van der Waals surface area contributed by atoms with Crippen LogP contribution in [-0.2, 0) is 16.8 Å². The summed E-state index contributed by atoms with van der Waals surface area (Å²) in [4.78, 5) is 11.5. The first kappa shape index (κ1) is 21.3. The number of nitrogens with zero attached hydrogens (tertiary/aromatic N) is 1. The molecular weight excluding hydrogens is 388 g/mol. The average Bonchev–Trinajstić information content (AvgIpc) is 3.53. The molecule has 0 aliphatic heterocycles. The van der Waals surface area contributed by atoms with Crippen LogP contribution in [0.5, 0.6) is 0 Å². The minimum absolute atomic E-state index is 0.639. The summed E-state index contributed by atoms with van der Waals surface area (Å²) in [5, 5.41) is 17.2. The molecule has 3 aromatic rings. The van der Waals surface area contributed by atoms with E-state index in [1.54, 1.807) is 0 Å². The number of nitrogens with one attached hydrogen (secondary N) is 1. The van der Waals surface area contributed by atoms with Crippen LogP contribution in [0.15, 0.2) is 53.1 Å². The smallest absolute Gasteiger partial charge is 0.314 e. The Balaban J connectivity index is 1.50. The van der Waals surface area contributed by atoms with Crippen molar-refractivity contribution in [3.63, 3.8) is 0 Å². The summed E-state index contributed by atoms with van der Waals surface area (Å²) in [6.07, 6.45) is 2.60. The molecule has 1 aromatic heterocycles. The summed E-state index contributed by atoms with van der Waals surface area (Å²) >= 11 is 0. The molecule has 5 nitrogen and oxygen atoms in total. The Bertz CT molecular complexity index is 1050. The van der Waals surface area contributed by atoms with E-state index in [4.69, 9.17) is 4.52 Å². The molecule has 1 aliphatic rings. The van der Waals surface area contributed by atoms with Gasteiger partial charge >= 0.3 is 5.97 Å². The van der Waals surface area contributed by atoms with Crippen LogP contribution < -0.4 is 5.32 Å². The fourth-order valence-corrected chi connectivity index (χ4v) is 3.96. The fraction of sp³-hybridized carbons (Fsp3) is 0.385. The minimum atomic E-state index is -0.721. The highest BCUT2D eigenvalue weighted by Crippen LogP contribution is 2.48. The molecular formula is C26H30N2O3. The molecule has 2 N–H and O–H groups in total. The van der Waals surface area contributed by atoms with Crippen LogP contribution in [-0.4, -0.2) is 22.8 Å². The van der Waals surface area contributed by atoms with Gasteiger partial charge in [-0.2, -0.15) is 0 Å². The van der Waals surface area contributed by atoms with Crippen molar-refractivity contribution >= 4 is 5.97 Å². The van der Waals surface area contributed by atoms with Crippen molar-refractivity contribution in [2.75, 3.05) is 6.54 Å². The molecule has 0 spiro atoms. The highest BCUT2D eigenvalue weighted by molar-refractivity contribution is 5.85. The normalized spacial score (nSPS) is 15.6. The van der Waals surface area contributed by atoms with Crippen LogP contribution in [0, 0.1) is 12.8 Å². The van der Waals surface area contributed by atoms with Crippen LogP contribution in [0.1, 0.15) is 49.9 Å². The van der Waals surface area contributed by atoms with Gasteiger partial charge in [-0.25, -0.2) is 0 Å². The number of hydrogen-bond donors (Lipinski definition) is 2. The zero-order valence-corrected chi connectivity index (χ0v) is 18.4. The second-order valence-electron chi connectivity index (χ2n) is 8.76. The topological polar surface area (TPSA) is 75.4 Å². The Morgan fingerprint density at radius 2 is 1.68 bits per heavy atom. The fourth-order valence-electron chi connectivity index (χ4n) is 3.96. The monoisotopic (exact) mass is 418 g/mol. The number of carboxylic acids is 1. The number of aryl methyl sites for hydroxylation is 1. The molecule has 2 aromatic carbocycles. The van der Waals surface area contributed by atoms with Gasteiger partial charge in [0, 0.05) is 17.7 Å². The molecule has 0 radical (unpaired) electrons. The maximum atomic E-state index is 11.5. The lowest BCUT2D eigenvalue weighted by atomic mass is 9.93. The van der Waals surface area contributed by atoms with Crippen molar-refractivity contribution in [2.45, 2.75) is 52.0 Å². The number of aliphatic carboxylic acids is 1.